The van der Waals surface area contributed by atoms with Gasteiger partial charge >= 0.3 is 120 Å². The van der Waals surface area contributed by atoms with Gasteiger partial charge in [-0.25, -0.2) is 0 Å². The van der Waals surface area contributed by atoms with Gasteiger partial charge in [-0.15, -0.1) is 0 Å². The van der Waals surface area contributed by atoms with Gasteiger partial charge in [0.05, 0.1) is 0 Å². The zero-order chi connectivity index (χ0) is 17.1. The number of hydrogen-bond donors (Lipinski definition) is 0. The first-order valence-corrected chi connectivity index (χ1v) is 8.49. The molecule has 0 N–H and O–H groups in total. The zero-order valence-corrected chi connectivity index (χ0v) is 17.2. The van der Waals surface area contributed by atoms with E-state index in [0.717, 1.165) is 16.6 Å². The van der Waals surface area contributed by atoms with Crippen molar-refractivity contribution in [1.82, 2.24) is 14.7 Å². The Hall–Kier alpha value is -1.08. The summed E-state index contributed by atoms with van der Waals surface area (Å²) in [5.74, 6) is 0. The van der Waals surface area contributed by atoms with Gasteiger partial charge in [0.15, 0.2) is 0 Å². The summed E-state index contributed by atoms with van der Waals surface area (Å²) < 4.78 is 7.92. The van der Waals surface area contributed by atoms with Crippen LogP contribution >= 0.6 is 0 Å². The van der Waals surface area contributed by atoms with Gasteiger partial charge < -0.3 is 4.90 Å². The second-order valence-electron chi connectivity index (χ2n) is 6.55. The molecule has 0 saturated heterocycles. The SMILES string of the molecule is CN(C)C.Cc1nn(C(=O)OC(C)(C)C)c2cc[c]([Sn+])cc12. The monoisotopic (exact) mass is 410 g/mol. The summed E-state index contributed by atoms with van der Waals surface area (Å²) in [6.45, 7) is 7.43. The van der Waals surface area contributed by atoms with Crippen LogP contribution in [0, 0.1) is 6.92 Å². The number of aromatic nitrogens is 2. The van der Waals surface area contributed by atoms with E-state index in [9.17, 15) is 4.79 Å². The van der Waals surface area contributed by atoms with Gasteiger partial charge in [0, 0.05) is 0 Å². The minimum absolute atomic E-state index is 0.433. The Labute approximate surface area is 145 Å². The normalized spacial score (nSPS) is 11.3. The van der Waals surface area contributed by atoms with E-state index in [0.29, 0.717) is 0 Å². The number of hydrogen-bond acceptors (Lipinski definition) is 4. The predicted molar refractivity (Wildman–Crippen MR) is 91.1 cm³/mol. The molecular formula is C16H24N3O2Sn+. The number of nitrogens with zero attached hydrogens (tertiary/aromatic N) is 3. The molecule has 1 heterocycles. The number of fused-ring (bicyclic) bond motifs is 1. The first-order chi connectivity index (χ1) is 10.0. The number of carbonyl (C=O) groups is 1. The summed E-state index contributed by atoms with van der Waals surface area (Å²) in [4.78, 5) is 14.1. The molecule has 2 radical (unpaired) electrons. The summed E-state index contributed by atoms with van der Waals surface area (Å²) in [6, 6.07) is 5.99. The average molecular weight is 409 g/mol. The Morgan fingerprint density at radius 3 is 2.32 bits per heavy atom. The minimum atomic E-state index is -0.515. The van der Waals surface area contributed by atoms with E-state index in [4.69, 9.17) is 4.74 Å². The van der Waals surface area contributed by atoms with Crippen molar-refractivity contribution in [3.63, 3.8) is 0 Å². The van der Waals surface area contributed by atoms with E-state index in [2.05, 4.69) is 11.2 Å². The number of aryl methyl sites for hydroxylation is 1. The molecule has 1 aromatic heterocycles. The van der Waals surface area contributed by atoms with Gasteiger partial charge in [0.2, 0.25) is 0 Å². The van der Waals surface area contributed by atoms with E-state index < -0.39 is 11.7 Å². The van der Waals surface area contributed by atoms with Crippen LogP contribution in [0.1, 0.15) is 26.5 Å². The van der Waals surface area contributed by atoms with E-state index in [1.807, 2.05) is 65.9 Å². The van der Waals surface area contributed by atoms with Crippen LogP contribution in [0.25, 0.3) is 10.9 Å². The second kappa shape index (κ2) is 7.46. The molecule has 0 fully saturated rings. The first-order valence-electron chi connectivity index (χ1n) is 7.06. The Morgan fingerprint density at radius 2 is 1.82 bits per heavy atom. The first kappa shape index (κ1) is 19.0. The number of benzene rings is 1. The summed E-state index contributed by atoms with van der Waals surface area (Å²) in [6.07, 6.45) is -0.433. The van der Waals surface area contributed by atoms with Gasteiger partial charge in [0.25, 0.3) is 0 Å². The van der Waals surface area contributed by atoms with Crippen LogP contribution in [0.15, 0.2) is 18.2 Å². The Bertz CT molecular complexity index is 654. The molecule has 0 aliphatic rings. The van der Waals surface area contributed by atoms with Gasteiger partial charge in [0.1, 0.15) is 0 Å². The van der Waals surface area contributed by atoms with Crippen molar-refractivity contribution in [2.45, 2.75) is 33.3 Å². The van der Waals surface area contributed by atoms with Crippen LogP contribution in [-0.4, -0.2) is 70.0 Å². The van der Waals surface area contributed by atoms with E-state index in [-0.39, 0.29) is 0 Å². The molecule has 0 atom stereocenters. The molecule has 0 amide bonds. The van der Waals surface area contributed by atoms with Crippen molar-refractivity contribution in [2.75, 3.05) is 21.1 Å². The third kappa shape index (κ3) is 5.61. The van der Waals surface area contributed by atoms with Gasteiger partial charge in [-0.05, 0) is 21.1 Å². The molecule has 0 aliphatic carbocycles. The Morgan fingerprint density at radius 1 is 1.27 bits per heavy atom. The molecular weight excluding hydrogens is 385 g/mol. The van der Waals surface area contributed by atoms with Gasteiger partial charge in [-0.1, -0.05) is 0 Å². The van der Waals surface area contributed by atoms with Crippen LogP contribution in [-0.2, 0) is 4.74 Å². The van der Waals surface area contributed by atoms with E-state index >= 15 is 0 Å². The van der Waals surface area contributed by atoms with Crippen molar-refractivity contribution in [1.29, 1.82) is 0 Å². The standard InChI is InChI=1S/C13H15N2O2.C3H9N.Sn/c1-9-10-7-5-6-8-11(10)15(14-9)12(16)17-13(2,3)4;1-4(2)3;/h6-8H,1-4H3;1-3H3;/q;;+1. The molecule has 0 unspecified atom stereocenters. The van der Waals surface area contributed by atoms with E-state index in [1.54, 1.807) is 0 Å². The Balaban J connectivity index is 0.000000541. The molecule has 6 heteroatoms. The maximum atomic E-state index is 12.1. The maximum absolute atomic E-state index is 12.1. The van der Waals surface area contributed by atoms with Gasteiger partial charge in [-0.3, -0.25) is 0 Å². The third-order valence-corrected chi connectivity index (χ3v) is 3.32. The fraction of sp³-hybridized carbons (Fsp3) is 0.500. The average Bonchev–Trinajstić information content (AvgIpc) is 2.64. The topological polar surface area (TPSA) is 47.4 Å². The van der Waals surface area contributed by atoms with Crippen molar-refractivity contribution in [3.8, 4) is 0 Å². The third-order valence-electron chi connectivity index (χ3n) is 2.43. The molecule has 2 aromatic rings. The molecule has 0 spiro atoms. The summed E-state index contributed by atoms with van der Waals surface area (Å²) in [5, 5.41) is 5.28. The molecule has 1 aromatic carbocycles. The summed E-state index contributed by atoms with van der Waals surface area (Å²) in [5.41, 5.74) is 1.13. The molecule has 0 aliphatic heterocycles. The van der Waals surface area contributed by atoms with Crippen molar-refractivity contribution < 1.29 is 9.53 Å². The van der Waals surface area contributed by atoms with Crippen LogP contribution in [0.4, 0.5) is 4.79 Å². The molecule has 0 saturated carbocycles. The zero-order valence-electron chi connectivity index (χ0n) is 14.4. The summed E-state index contributed by atoms with van der Waals surface area (Å²) >= 11 is 1.35. The van der Waals surface area contributed by atoms with Crippen molar-refractivity contribution >= 4 is 43.1 Å². The van der Waals surface area contributed by atoms with Crippen LogP contribution in [0.2, 0.25) is 0 Å². The number of rotatable bonds is 0. The van der Waals surface area contributed by atoms with Crippen molar-refractivity contribution in [2.24, 2.45) is 0 Å². The van der Waals surface area contributed by atoms with Gasteiger partial charge in [-0.2, -0.15) is 0 Å². The molecule has 118 valence electrons. The molecule has 2 rings (SSSR count). The molecule has 0 bridgehead atoms. The fourth-order valence-electron chi connectivity index (χ4n) is 1.71. The Kier molecular flexibility index (Phi) is 6.43. The van der Waals surface area contributed by atoms with Crippen molar-refractivity contribution in [3.05, 3.63) is 23.9 Å². The number of ether oxygens (including phenoxy) is 1. The molecule has 22 heavy (non-hydrogen) atoms. The number of carbonyl (C=O) groups excluding carboxylic acids is 1. The van der Waals surface area contributed by atoms with E-state index in [1.165, 1.54) is 30.8 Å². The van der Waals surface area contributed by atoms with Crippen LogP contribution < -0.4 is 3.58 Å². The second-order valence-corrected chi connectivity index (χ2v) is 8.20. The summed E-state index contributed by atoms with van der Waals surface area (Å²) in [7, 11) is 6.00. The quantitative estimate of drug-likeness (QED) is 0.626. The fourth-order valence-corrected chi connectivity index (χ4v) is 2.36. The predicted octanol–water partition coefficient (Wildman–Crippen LogP) is 2.10. The molecule has 5 nitrogen and oxygen atoms in total. The van der Waals surface area contributed by atoms with Crippen LogP contribution in [0.5, 0.6) is 0 Å². The van der Waals surface area contributed by atoms with Crippen LogP contribution in [0.3, 0.4) is 0 Å².